The maximum atomic E-state index is 12.4. The van der Waals surface area contributed by atoms with E-state index in [1.165, 1.54) is 6.92 Å². The van der Waals surface area contributed by atoms with E-state index in [0.717, 1.165) is 12.0 Å². The van der Waals surface area contributed by atoms with Crippen molar-refractivity contribution in [3.8, 4) is 0 Å². The van der Waals surface area contributed by atoms with Crippen molar-refractivity contribution in [2.24, 2.45) is 0 Å². The number of esters is 1. The molecule has 6 nitrogen and oxygen atoms in total. The van der Waals surface area contributed by atoms with Crippen LogP contribution in [0.2, 0.25) is 5.15 Å². The van der Waals surface area contributed by atoms with Gasteiger partial charge >= 0.3 is 5.97 Å². The van der Waals surface area contributed by atoms with Gasteiger partial charge in [0.1, 0.15) is 10.7 Å². The number of aryl methyl sites for hydroxylation is 1. The van der Waals surface area contributed by atoms with Gasteiger partial charge in [0.15, 0.2) is 6.10 Å². The first-order valence-corrected chi connectivity index (χ1v) is 8.57. The molecule has 0 aliphatic carbocycles. The Hall–Kier alpha value is -2.34. The summed E-state index contributed by atoms with van der Waals surface area (Å²) >= 11 is 6.32. The van der Waals surface area contributed by atoms with Crippen molar-refractivity contribution in [1.82, 2.24) is 15.1 Å². The lowest BCUT2D eigenvalue weighted by atomic mass is 10.2. The molecule has 0 saturated heterocycles. The SMILES string of the molecule is CCCNC(=O)[C@H](C)OC(=O)c1c(C)nn(Cc2ccccc2)c1Cl. The van der Waals surface area contributed by atoms with Crippen molar-refractivity contribution in [1.29, 1.82) is 0 Å². The van der Waals surface area contributed by atoms with Gasteiger partial charge in [0.05, 0.1) is 12.2 Å². The van der Waals surface area contributed by atoms with E-state index in [4.69, 9.17) is 16.3 Å². The molecule has 0 saturated carbocycles. The number of amides is 1. The Labute approximate surface area is 152 Å². The van der Waals surface area contributed by atoms with Crippen LogP contribution in [-0.4, -0.2) is 34.3 Å². The maximum absolute atomic E-state index is 12.4. The number of carbonyl (C=O) groups is 2. The molecule has 1 heterocycles. The van der Waals surface area contributed by atoms with Gasteiger partial charge in [-0.1, -0.05) is 48.9 Å². The molecular weight excluding hydrogens is 342 g/mol. The molecule has 1 aromatic carbocycles. The third-order valence-electron chi connectivity index (χ3n) is 3.65. The van der Waals surface area contributed by atoms with Crippen molar-refractivity contribution >= 4 is 23.5 Å². The van der Waals surface area contributed by atoms with Gasteiger partial charge in [0.25, 0.3) is 5.91 Å². The van der Waals surface area contributed by atoms with Crippen LogP contribution in [0.4, 0.5) is 0 Å². The zero-order chi connectivity index (χ0) is 18.4. The Morgan fingerprint density at radius 3 is 2.64 bits per heavy atom. The zero-order valence-electron chi connectivity index (χ0n) is 14.6. The predicted octanol–water partition coefficient (Wildman–Crippen LogP) is 2.96. The topological polar surface area (TPSA) is 73.2 Å². The van der Waals surface area contributed by atoms with Crippen LogP contribution in [-0.2, 0) is 16.1 Å². The number of benzene rings is 1. The molecule has 0 aliphatic rings. The van der Waals surface area contributed by atoms with E-state index in [2.05, 4.69) is 10.4 Å². The highest BCUT2D eigenvalue weighted by molar-refractivity contribution is 6.32. The lowest BCUT2D eigenvalue weighted by molar-refractivity contribution is -0.129. The van der Waals surface area contributed by atoms with Crippen LogP contribution in [0.25, 0.3) is 0 Å². The molecule has 2 aromatic rings. The number of nitrogens with zero attached hydrogens (tertiary/aromatic N) is 2. The third kappa shape index (κ3) is 4.82. The summed E-state index contributed by atoms with van der Waals surface area (Å²) in [6.07, 6.45) is -0.0872. The normalized spacial score (nSPS) is 11.8. The summed E-state index contributed by atoms with van der Waals surface area (Å²) in [4.78, 5) is 24.2. The van der Waals surface area contributed by atoms with Crippen LogP contribution >= 0.6 is 11.6 Å². The molecule has 25 heavy (non-hydrogen) atoms. The quantitative estimate of drug-likeness (QED) is 0.767. The Morgan fingerprint density at radius 2 is 2.00 bits per heavy atom. The number of hydrogen-bond donors (Lipinski definition) is 1. The van der Waals surface area contributed by atoms with Gasteiger partial charge in [-0.05, 0) is 25.8 Å². The first kappa shape index (κ1) is 19.0. The largest absolute Gasteiger partial charge is 0.449 e. The van der Waals surface area contributed by atoms with Gasteiger partial charge in [-0.15, -0.1) is 0 Å². The maximum Gasteiger partial charge on any atom is 0.343 e. The summed E-state index contributed by atoms with van der Waals surface area (Å²) in [6.45, 7) is 6.14. The summed E-state index contributed by atoms with van der Waals surface area (Å²) in [5, 5.41) is 7.20. The minimum absolute atomic E-state index is 0.188. The highest BCUT2D eigenvalue weighted by Crippen LogP contribution is 2.22. The van der Waals surface area contributed by atoms with E-state index in [-0.39, 0.29) is 16.6 Å². The number of aromatic nitrogens is 2. The summed E-state index contributed by atoms with van der Waals surface area (Å²) in [5.41, 5.74) is 1.67. The molecule has 1 atom stereocenters. The monoisotopic (exact) mass is 363 g/mol. The van der Waals surface area contributed by atoms with Gasteiger partial charge in [-0.25, -0.2) is 9.48 Å². The second kappa shape index (κ2) is 8.67. The Morgan fingerprint density at radius 1 is 1.32 bits per heavy atom. The molecule has 0 fully saturated rings. The van der Waals surface area contributed by atoms with Crippen LogP contribution in [0.1, 0.15) is 41.9 Å². The lowest BCUT2D eigenvalue weighted by Gasteiger charge is -2.13. The second-order valence-corrected chi connectivity index (χ2v) is 6.09. The number of hydrogen-bond acceptors (Lipinski definition) is 4. The average Bonchev–Trinajstić information content (AvgIpc) is 2.87. The van der Waals surface area contributed by atoms with Gasteiger partial charge in [-0.3, -0.25) is 4.79 Å². The average molecular weight is 364 g/mol. The van der Waals surface area contributed by atoms with Crippen molar-refractivity contribution in [3.63, 3.8) is 0 Å². The van der Waals surface area contributed by atoms with Crippen molar-refractivity contribution in [3.05, 3.63) is 52.3 Å². The van der Waals surface area contributed by atoms with E-state index < -0.39 is 12.1 Å². The smallest absolute Gasteiger partial charge is 0.343 e. The summed E-state index contributed by atoms with van der Waals surface area (Å²) in [5.74, 6) is -0.985. The molecule has 7 heteroatoms. The third-order valence-corrected chi connectivity index (χ3v) is 4.03. The minimum atomic E-state index is -0.896. The molecule has 0 unspecified atom stereocenters. The van der Waals surface area contributed by atoms with Crippen molar-refractivity contribution < 1.29 is 14.3 Å². The van der Waals surface area contributed by atoms with Crippen LogP contribution in [0.5, 0.6) is 0 Å². The number of rotatable bonds is 7. The zero-order valence-corrected chi connectivity index (χ0v) is 15.3. The van der Waals surface area contributed by atoms with Crippen LogP contribution in [0.15, 0.2) is 30.3 Å². The van der Waals surface area contributed by atoms with E-state index >= 15 is 0 Å². The first-order chi connectivity index (χ1) is 11.9. The van der Waals surface area contributed by atoms with Crippen LogP contribution < -0.4 is 5.32 Å². The summed E-state index contributed by atoms with van der Waals surface area (Å²) in [6, 6.07) is 9.67. The molecule has 0 bridgehead atoms. The Balaban J connectivity index is 2.11. The summed E-state index contributed by atoms with van der Waals surface area (Å²) in [7, 11) is 0. The molecule has 0 aliphatic heterocycles. The van der Waals surface area contributed by atoms with Crippen LogP contribution in [0.3, 0.4) is 0 Å². The Kier molecular flexibility index (Phi) is 6.58. The minimum Gasteiger partial charge on any atom is -0.449 e. The molecular formula is C18H22ClN3O3. The standard InChI is InChI=1S/C18H22ClN3O3/c1-4-10-20-17(23)13(3)25-18(24)15-12(2)21-22(16(15)19)11-14-8-6-5-7-9-14/h5-9,13H,4,10-11H2,1-3H3,(H,20,23)/t13-/m0/s1. The number of halogens is 1. The van der Waals surface area contributed by atoms with Crippen molar-refractivity contribution in [2.75, 3.05) is 6.54 Å². The number of carbonyl (C=O) groups excluding carboxylic acids is 2. The number of nitrogens with one attached hydrogen (secondary N) is 1. The highest BCUT2D eigenvalue weighted by atomic mass is 35.5. The summed E-state index contributed by atoms with van der Waals surface area (Å²) < 4.78 is 6.78. The molecule has 134 valence electrons. The molecule has 0 radical (unpaired) electrons. The second-order valence-electron chi connectivity index (χ2n) is 5.73. The Bertz CT molecular complexity index is 744. The van der Waals surface area contributed by atoms with Gasteiger partial charge < -0.3 is 10.1 Å². The van der Waals surface area contributed by atoms with Crippen LogP contribution in [0, 0.1) is 6.92 Å². The van der Waals surface area contributed by atoms with Gasteiger partial charge in [0, 0.05) is 6.54 Å². The fourth-order valence-corrected chi connectivity index (χ4v) is 2.62. The fraction of sp³-hybridized carbons (Fsp3) is 0.389. The van der Waals surface area contributed by atoms with E-state index in [9.17, 15) is 9.59 Å². The molecule has 1 amide bonds. The lowest BCUT2D eigenvalue weighted by Crippen LogP contribution is -2.36. The van der Waals surface area contributed by atoms with Gasteiger partial charge in [-0.2, -0.15) is 5.10 Å². The van der Waals surface area contributed by atoms with E-state index in [0.29, 0.717) is 18.8 Å². The molecule has 1 aromatic heterocycles. The number of ether oxygens (including phenoxy) is 1. The fourth-order valence-electron chi connectivity index (χ4n) is 2.31. The predicted molar refractivity (Wildman–Crippen MR) is 95.7 cm³/mol. The van der Waals surface area contributed by atoms with Crippen molar-refractivity contribution in [2.45, 2.75) is 39.8 Å². The molecule has 2 rings (SSSR count). The van der Waals surface area contributed by atoms with Gasteiger partial charge in [0.2, 0.25) is 0 Å². The molecule has 1 N–H and O–H groups in total. The highest BCUT2D eigenvalue weighted by Gasteiger charge is 2.25. The molecule has 0 spiro atoms. The first-order valence-electron chi connectivity index (χ1n) is 8.19. The van der Waals surface area contributed by atoms with E-state index in [1.54, 1.807) is 11.6 Å². The van der Waals surface area contributed by atoms with E-state index in [1.807, 2.05) is 37.3 Å².